The zero-order chi connectivity index (χ0) is 15.4. The standard InChI is InChI=1S/C15H11BrClNO3/c16-11-7-6-10(8-12(11)17)14(19)18-13(15(20)21)9-4-2-1-3-5-9/h1-8,13H,(H,18,19)(H,20,21)/t13-/m0/s1. The Morgan fingerprint density at radius 3 is 2.38 bits per heavy atom. The predicted molar refractivity (Wildman–Crippen MR) is 83.4 cm³/mol. The fraction of sp³-hybridized carbons (Fsp3) is 0.0667. The van der Waals surface area contributed by atoms with Crippen LogP contribution in [0.15, 0.2) is 53.0 Å². The van der Waals surface area contributed by atoms with E-state index in [1.807, 2.05) is 0 Å². The number of carbonyl (C=O) groups excluding carboxylic acids is 1. The number of aliphatic carboxylic acids is 1. The van der Waals surface area contributed by atoms with Crippen LogP contribution in [0.2, 0.25) is 5.02 Å². The van der Waals surface area contributed by atoms with Crippen LogP contribution in [0, 0.1) is 0 Å². The molecule has 0 aliphatic heterocycles. The maximum Gasteiger partial charge on any atom is 0.330 e. The van der Waals surface area contributed by atoms with Crippen LogP contribution in [0.5, 0.6) is 0 Å². The molecule has 0 unspecified atom stereocenters. The van der Waals surface area contributed by atoms with Crippen LogP contribution in [0.25, 0.3) is 0 Å². The van der Waals surface area contributed by atoms with Crippen molar-refractivity contribution in [2.24, 2.45) is 0 Å². The third kappa shape index (κ3) is 3.83. The number of hydrogen-bond acceptors (Lipinski definition) is 2. The molecule has 6 heteroatoms. The number of carbonyl (C=O) groups is 2. The fourth-order valence-electron chi connectivity index (χ4n) is 1.78. The molecule has 0 aliphatic carbocycles. The highest BCUT2D eigenvalue weighted by molar-refractivity contribution is 9.10. The Morgan fingerprint density at radius 2 is 1.81 bits per heavy atom. The van der Waals surface area contributed by atoms with E-state index in [1.165, 1.54) is 6.07 Å². The van der Waals surface area contributed by atoms with Gasteiger partial charge in [-0.15, -0.1) is 0 Å². The van der Waals surface area contributed by atoms with Gasteiger partial charge >= 0.3 is 5.97 Å². The Kier molecular flexibility index (Phi) is 4.98. The Balaban J connectivity index is 2.23. The van der Waals surface area contributed by atoms with E-state index in [4.69, 9.17) is 11.6 Å². The summed E-state index contributed by atoms with van der Waals surface area (Å²) in [5, 5.41) is 12.1. The van der Waals surface area contributed by atoms with E-state index in [1.54, 1.807) is 42.5 Å². The van der Waals surface area contributed by atoms with Crippen LogP contribution < -0.4 is 5.32 Å². The van der Waals surface area contributed by atoms with Crippen molar-refractivity contribution in [3.63, 3.8) is 0 Å². The van der Waals surface area contributed by atoms with Gasteiger partial charge in [0.1, 0.15) is 0 Å². The average Bonchev–Trinajstić information content (AvgIpc) is 2.48. The number of carboxylic acids is 1. The molecule has 0 spiro atoms. The highest BCUT2D eigenvalue weighted by Gasteiger charge is 2.22. The molecule has 0 radical (unpaired) electrons. The van der Waals surface area contributed by atoms with E-state index < -0.39 is 17.9 Å². The lowest BCUT2D eigenvalue weighted by Gasteiger charge is -2.15. The van der Waals surface area contributed by atoms with Gasteiger partial charge in [-0.3, -0.25) is 4.79 Å². The van der Waals surface area contributed by atoms with Crippen LogP contribution in [0.4, 0.5) is 0 Å². The van der Waals surface area contributed by atoms with Gasteiger partial charge in [0.25, 0.3) is 5.91 Å². The quantitative estimate of drug-likeness (QED) is 0.865. The molecule has 2 N–H and O–H groups in total. The zero-order valence-electron chi connectivity index (χ0n) is 10.7. The number of halogens is 2. The number of nitrogens with one attached hydrogen (secondary N) is 1. The van der Waals surface area contributed by atoms with E-state index in [0.29, 0.717) is 20.6 Å². The van der Waals surface area contributed by atoms with Gasteiger partial charge in [0.15, 0.2) is 6.04 Å². The minimum Gasteiger partial charge on any atom is -0.479 e. The second kappa shape index (κ2) is 6.74. The van der Waals surface area contributed by atoms with E-state index in [-0.39, 0.29) is 0 Å². The van der Waals surface area contributed by atoms with Gasteiger partial charge < -0.3 is 10.4 Å². The highest BCUT2D eigenvalue weighted by Crippen LogP contribution is 2.23. The lowest BCUT2D eigenvalue weighted by Crippen LogP contribution is -2.33. The number of amides is 1. The largest absolute Gasteiger partial charge is 0.479 e. The van der Waals surface area contributed by atoms with Gasteiger partial charge in [0.05, 0.1) is 5.02 Å². The normalized spacial score (nSPS) is 11.7. The molecule has 1 atom stereocenters. The van der Waals surface area contributed by atoms with Gasteiger partial charge in [-0.2, -0.15) is 0 Å². The van der Waals surface area contributed by atoms with E-state index in [9.17, 15) is 14.7 Å². The van der Waals surface area contributed by atoms with Crippen molar-refractivity contribution in [1.29, 1.82) is 0 Å². The summed E-state index contributed by atoms with van der Waals surface area (Å²) in [7, 11) is 0. The highest BCUT2D eigenvalue weighted by atomic mass is 79.9. The summed E-state index contributed by atoms with van der Waals surface area (Å²) in [5.74, 6) is -1.63. The Bertz CT molecular complexity index is 676. The first-order valence-electron chi connectivity index (χ1n) is 6.02. The summed E-state index contributed by atoms with van der Waals surface area (Å²) in [6, 6.07) is 12.1. The van der Waals surface area contributed by atoms with Crippen LogP contribution in [-0.2, 0) is 4.79 Å². The van der Waals surface area contributed by atoms with E-state index in [0.717, 1.165) is 0 Å². The van der Waals surface area contributed by atoms with Crippen molar-refractivity contribution in [2.75, 3.05) is 0 Å². The minimum absolute atomic E-state index is 0.297. The minimum atomic E-state index is -1.13. The fourth-order valence-corrected chi connectivity index (χ4v) is 2.21. The topological polar surface area (TPSA) is 66.4 Å². The van der Waals surface area contributed by atoms with Crippen molar-refractivity contribution in [2.45, 2.75) is 6.04 Å². The molecular weight excluding hydrogens is 358 g/mol. The molecule has 1 amide bonds. The zero-order valence-corrected chi connectivity index (χ0v) is 13.1. The molecule has 0 saturated carbocycles. The van der Waals surface area contributed by atoms with Crippen LogP contribution in [-0.4, -0.2) is 17.0 Å². The smallest absolute Gasteiger partial charge is 0.330 e. The molecule has 4 nitrogen and oxygen atoms in total. The summed E-state index contributed by atoms with van der Waals surface area (Å²) in [5.41, 5.74) is 0.798. The average molecular weight is 369 g/mol. The summed E-state index contributed by atoms with van der Waals surface area (Å²) >= 11 is 9.16. The van der Waals surface area contributed by atoms with Crippen molar-refractivity contribution in [3.05, 3.63) is 69.2 Å². The van der Waals surface area contributed by atoms with E-state index in [2.05, 4.69) is 21.2 Å². The van der Waals surface area contributed by atoms with Crippen molar-refractivity contribution in [1.82, 2.24) is 5.32 Å². The summed E-state index contributed by atoms with van der Waals surface area (Å²) in [6.07, 6.45) is 0. The monoisotopic (exact) mass is 367 g/mol. The van der Waals surface area contributed by atoms with E-state index >= 15 is 0 Å². The Labute approximate surface area is 134 Å². The second-order valence-electron chi connectivity index (χ2n) is 4.28. The van der Waals surface area contributed by atoms with Gasteiger partial charge in [0.2, 0.25) is 0 Å². The third-order valence-electron chi connectivity index (χ3n) is 2.84. The van der Waals surface area contributed by atoms with Gasteiger partial charge in [0, 0.05) is 10.0 Å². The molecule has 2 aromatic rings. The van der Waals surface area contributed by atoms with Gasteiger partial charge in [-0.25, -0.2) is 4.79 Å². The first-order valence-corrected chi connectivity index (χ1v) is 7.20. The van der Waals surface area contributed by atoms with Crippen molar-refractivity contribution < 1.29 is 14.7 Å². The van der Waals surface area contributed by atoms with Gasteiger partial charge in [-0.1, -0.05) is 41.9 Å². The molecule has 0 bridgehead atoms. The summed E-state index contributed by atoms with van der Waals surface area (Å²) in [4.78, 5) is 23.5. The SMILES string of the molecule is O=C(N[C@H](C(=O)O)c1ccccc1)c1ccc(Br)c(Cl)c1. The Morgan fingerprint density at radius 1 is 1.14 bits per heavy atom. The third-order valence-corrected chi connectivity index (χ3v) is 4.07. The number of carboxylic acid groups (broad SMARTS) is 1. The number of rotatable bonds is 4. The van der Waals surface area contributed by atoms with Crippen LogP contribution >= 0.6 is 27.5 Å². The molecule has 2 aromatic carbocycles. The summed E-state index contributed by atoms with van der Waals surface area (Å²) < 4.78 is 0.665. The summed E-state index contributed by atoms with van der Waals surface area (Å²) in [6.45, 7) is 0. The van der Waals surface area contributed by atoms with Crippen LogP contribution in [0.1, 0.15) is 22.0 Å². The molecule has 108 valence electrons. The lowest BCUT2D eigenvalue weighted by atomic mass is 10.1. The molecule has 21 heavy (non-hydrogen) atoms. The maximum atomic E-state index is 12.1. The maximum absolute atomic E-state index is 12.1. The molecule has 0 saturated heterocycles. The second-order valence-corrected chi connectivity index (χ2v) is 5.55. The first-order chi connectivity index (χ1) is 9.99. The molecule has 2 rings (SSSR count). The molecular formula is C15H11BrClNO3. The number of hydrogen-bond donors (Lipinski definition) is 2. The lowest BCUT2D eigenvalue weighted by molar-refractivity contribution is -0.139. The van der Waals surface area contributed by atoms with Crippen LogP contribution in [0.3, 0.4) is 0 Å². The van der Waals surface area contributed by atoms with Gasteiger partial charge in [-0.05, 0) is 39.7 Å². The Hall–Kier alpha value is -1.85. The van der Waals surface area contributed by atoms with Crippen molar-refractivity contribution >= 4 is 39.4 Å². The first kappa shape index (κ1) is 15.5. The molecule has 0 aliphatic rings. The predicted octanol–water partition coefficient (Wildman–Crippen LogP) is 3.66. The number of benzene rings is 2. The molecule has 0 aromatic heterocycles. The molecule has 0 fully saturated rings. The molecule has 0 heterocycles. The van der Waals surface area contributed by atoms with Crippen molar-refractivity contribution in [3.8, 4) is 0 Å².